The van der Waals surface area contributed by atoms with E-state index in [0.29, 0.717) is 5.56 Å². The Hall–Kier alpha value is -2.90. The number of H-pyrrole nitrogens is 2. The summed E-state index contributed by atoms with van der Waals surface area (Å²) in [6.07, 6.45) is 0. The van der Waals surface area contributed by atoms with Crippen molar-refractivity contribution in [1.82, 2.24) is 9.97 Å². The standard InChI is InChI=1S/C14H10N4O2S/c15-6-9(7-16)10(8-4-2-1-3-5-8)11-12(19)17-14(21)18-13(11)20/h1-5,9-10H,(H3,17,18,19,20,21)/t10-/m1/s1. The first-order chi connectivity index (χ1) is 10.1. The van der Waals surface area contributed by atoms with Gasteiger partial charge in [0.05, 0.1) is 17.7 Å². The van der Waals surface area contributed by atoms with Crippen molar-refractivity contribution < 1.29 is 5.11 Å². The number of nitrogens with zero attached hydrogens (tertiary/aromatic N) is 2. The van der Waals surface area contributed by atoms with Crippen LogP contribution in [0.3, 0.4) is 0 Å². The normalized spacial score (nSPS) is 11.6. The van der Waals surface area contributed by atoms with Gasteiger partial charge in [-0.25, -0.2) is 0 Å². The fourth-order valence-corrected chi connectivity index (χ4v) is 2.33. The molecule has 104 valence electrons. The van der Waals surface area contributed by atoms with Crippen LogP contribution in [-0.2, 0) is 0 Å². The van der Waals surface area contributed by atoms with E-state index < -0.39 is 23.3 Å². The van der Waals surface area contributed by atoms with E-state index in [9.17, 15) is 9.90 Å². The summed E-state index contributed by atoms with van der Waals surface area (Å²) in [5.41, 5.74) is -0.125. The third-order valence-corrected chi connectivity index (χ3v) is 3.24. The molecule has 2 rings (SSSR count). The summed E-state index contributed by atoms with van der Waals surface area (Å²) in [6.45, 7) is 0. The molecule has 1 atom stereocenters. The summed E-state index contributed by atoms with van der Waals surface area (Å²) < 4.78 is -0.0291. The number of aromatic nitrogens is 2. The van der Waals surface area contributed by atoms with Crippen molar-refractivity contribution in [3.63, 3.8) is 0 Å². The number of aromatic hydroxyl groups is 1. The lowest BCUT2D eigenvalue weighted by Gasteiger charge is -2.18. The van der Waals surface area contributed by atoms with Crippen LogP contribution in [0.2, 0.25) is 0 Å². The molecule has 0 saturated carbocycles. The molecule has 0 amide bonds. The van der Waals surface area contributed by atoms with Crippen LogP contribution in [0.4, 0.5) is 0 Å². The molecule has 0 radical (unpaired) electrons. The molecule has 7 heteroatoms. The van der Waals surface area contributed by atoms with Gasteiger partial charge in [0.1, 0.15) is 5.92 Å². The van der Waals surface area contributed by atoms with E-state index in [1.165, 1.54) is 0 Å². The fraction of sp³-hybridized carbons (Fsp3) is 0.143. The summed E-state index contributed by atoms with van der Waals surface area (Å²) >= 11 is 4.77. The number of hydrogen-bond donors (Lipinski definition) is 3. The summed E-state index contributed by atoms with van der Waals surface area (Å²) in [6, 6.07) is 12.3. The third kappa shape index (κ3) is 2.83. The Labute approximate surface area is 124 Å². The van der Waals surface area contributed by atoms with E-state index in [-0.39, 0.29) is 10.3 Å². The minimum atomic E-state index is -1.12. The second-order valence-electron chi connectivity index (χ2n) is 4.29. The molecule has 0 aliphatic heterocycles. The lowest BCUT2D eigenvalue weighted by atomic mass is 9.83. The van der Waals surface area contributed by atoms with Gasteiger partial charge in [-0.2, -0.15) is 10.5 Å². The predicted octanol–water partition coefficient (Wildman–Crippen LogP) is 1.93. The Kier molecular flexibility index (Phi) is 4.17. The molecule has 2 aromatic rings. The monoisotopic (exact) mass is 298 g/mol. The van der Waals surface area contributed by atoms with Gasteiger partial charge in [0.15, 0.2) is 10.7 Å². The first-order valence-corrected chi connectivity index (χ1v) is 6.39. The Morgan fingerprint density at radius 1 is 1.14 bits per heavy atom. The van der Waals surface area contributed by atoms with Gasteiger partial charge in [-0.1, -0.05) is 30.3 Å². The Morgan fingerprint density at radius 3 is 2.29 bits per heavy atom. The SMILES string of the molecule is N#CC(C#N)[C@@H](c1ccccc1)c1c(O)[nH]c(=S)[nH]c1=O. The van der Waals surface area contributed by atoms with Crippen LogP contribution in [0, 0.1) is 33.4 Å². The molecule has 0 aliphatic rings. The number of hydrogen-bond acceptors (Lipinski definition) is 5. The zero-order valence-corrected chi connectivity index (χ0v) is 11.5. The largest absolute Gasteiger partial charge is 0.494 e. The Morgan fingerprint density at radius 2 is 1.76 bits per heavy atom. The van der Waals surface area contributed by atoms with Crippen molar-refractivity contribution >= 4 is 12.2 Å². The van der Waals surface area contributed by atoms with Gasteiger partial charge in [0, 0.05) is 5.92 Å². The van der Waals surface area contributed by atoms with Crippen molar-refractivity contribution in [2.45, 2.75) is 5.92 Å². The highest BCUT2D eigenvalue weighted by atomic mass is 32.1. The molecular weight excluding hydrogens is 288 g/mol. The van der Waals surface area contributed by atoms with E-state index in [1.54, 1.807) is 30.3 Å². The molecule has 1 heterocycles. The molecule has 3 N–H and O–H groups in total. The smallest absolute Gasteiger partial charge is 0.259 e. The minimum Gasteiger partial charge on any atom is -0.494 e. The number of rotatable bonds is 3. The minimum absolute atomic E-state index is 0.0291. The highest BCUT2D eigenvalue weighted by Gasteiger charge is 2.30. The van der Waals surface area contributed by atoms with E-state index >= 15 is 0 Å². The summed E-state index contributed by atoms with van der Waals surface area (Å²) in [7, 11) is 0. The number of benzene rings is 1. The number of aromatic amines is 2. The maximum atomic E-state index is 12.1. The zero-order chi connectivity index (χ0) is 15.4. The van der Waals surface area contributed by atoms with Crippen molar-refractivity contribution in [3.05, 3.63) is 56.6 Å². The first kappa shape index (κ1) is 14.5. The second kappa shape index (κ2) is 6.04. The van der Waals surface area contributed by atoms with Crippen LogP contribution >= 0.6 is 12.2 Å². The average Bonchev–Trinajstić information content (AvgIpc) is 2.46. The maximum Gasteiger partial charge on any atom is 0.259 e. The molecule has 6 nitrogen and oxygen atoms in total. The summed E-state index contributed by atoms with van der Waals surface area (Å²) in [5, 5.41) is 28.3. The third-order valence-electron chi connectivity index (χ3n) is 3.04. The quantitative estimate of drug-likeness (QED) is 0.749. The van der Waals surface area contributed by atoms with Gasteiger partial charge in [0.2, 0.25) is 0 Å². The molecule has 0 bridgehead atoms. The van der Waals surface area contributed by atoms with Gasteiger partial charge >= 0.3 is 0 Å². The maximum absolute atomic E-state index is 12.1. The van der Waals surface area contributed by atoms with Gasteiger partial charge in [0.25, 0.3) is 5.56 Å². The summed E-state index contributed by atoms with van der Waals surface area (Å²) in [4.78, 5) is 16.9. The molecule has 0 aliphatic carbocycles. The predicted molar refractivity (Wildman–Crippen MR) is 76.9 cm³/mol. The van der Waals surface area contributed by atoms with E-state index in [0.717, 1.165) is 0 Å². The summed E-state index contributed by atoms with van der Waals surface area (Å²) in [5.74, 6) is -2.44. The van der Waals surface area contributed by atoms with Gasteiger partial charge in [-0.15, -0.1) is 0 Å². The fourth-order valence-electron chi connectivity index (χ4n) is 2.14. The van der Waals surface area contributed by atoms with Crippen molar-refractivity contribution in [2.24, 2.45) is 5.92 Å². The number of nitrogens with one attached hydrogen (secondary N) is 2. The average molecular weight is 298 g/mol. The van der Waals surface area contributed by atoms with Gasteiger partial charge < -0.3 is 10.1 Å². The Balaban J connectivity index is 2.74. The van der Waals surface area contributed by atoms with E-state index in [4.69, 9.17) is 22.7 Å². The molecular formula is C14H10N4O2S. The lowest BCUT2D eigenvalue weighted by Crippen LogP contribution is -2.23. The molecule has 0 unspecified atom stereocenters. The van der Waals surface area contributed by atoms with Crippen LogP contribution in [0.5, 0.6) is 5.88 Å². The molecule has 0 saturated heterocycles. The van der Waals surface area contributed by atoms with Crippen LogP contribution in [0.15, 0.2) is 35.1 Å². The molecule has 21 heavy (non-hydrogen) atoms. The molecule has 0 fully saturated rings. The van der Waals surface area contributed by atoms with Crippen LogP contribution in [0.25, 0.3) is 0 Å². The van der Waals surface area contributed by atoms with Crippen LogP contribution < -0.4 is 5.56 Å². The molecule has 1 aromatic heterocycles. The molecule has 0 spiro atoms. The van der Waals surface area contributed by atoms with Crippen molar-refractivity contribution in [2.75, 3.05) is 0 Å². The Bertz CT molecular complexity index is 828. The highest BCUT2D eigenvalue weighted by molar-refractivity contribution is 7.71. The van der Waals surface area contributed by atoms with E-state index in [2.05, 4.69) is 9.97 Å². The lowest BCUT2D eigenvalue weighted by molar-refractivity contribution is 0.435. The van der Waals surface area contributed by atoms with Gasteiger partial charge in [-0.3, -0.25) is 9.78 Å². The molecule has 1 aromatic carbocycles. The van der Waals surface area contributed by atoms with Crippen LogP contribution in [0.1, 0.15) is 17.0 Å². The van der Waals surface area contributed by atoms with Crippen LogP contribution in [-0.4, -0.2) is 15.1 Å². The number of nitriles is 2. The highest BCUT2D eigenvalue weighted by Crippen LogP contribution is 2.33. The zero-order valence-electron chi connectivity index (χ0n) is 10.7. The first-order valence-electron chi connectivity index (χ1n) is 5.98. The second-order valence-corrected chi connectivity index (χ2v) is 4.70. The van der Waals surface area contributed by atoms with Crippen molar-refractivity contribution in [3.8, 4) is 18.0 Å². The van der Waals surface area contributed by atoms with Crippen molar-refractivity contribution in [1.29, 1.82) is 10.5 Å². The van der Waals surface area contributed by atoms with Gasteiger partial charge in [-0.05, 0) is 17.8 Å². The van der Waals surface area contributed by atoms with E-state index in [1.807, 2.05) is 12.1 Å². The topological polar surface area (TPSA) is 116 Å².